The van der Waals surface area contributed by atoms with Gasteiger partial charge in [-0.2, -0.15) is 13.2 Å². The van der Waals surface area contributed by atoms with Crippen LogP contribution in [0, 0.1) is 18.3 Å². The summed E-state index contributed by atoms with van der Waals surface area (Å²) >= 11 is 1.08. The van der Waals surface area contributed by atoms with Crippen molar-refractivity contribution < 1.29 is 13.2 Å². The summed E-state index contributed by atoms with van der Waals surface area (Å²) in [5, 5.41) is 4.13. The first kappa shape index (κ1) is 22.2. The molecule has 0 unspecified atom stereocenters. The molecule has 33 heavy (non-hydrogen) atoms. The second kappa shape index (κ2) is 8.96. The van der Waals surface area contributed by atoms with E-state index in [-0.39, 0.29) is 10.9 Å². The highest BCUT2D eigenvalue weighted by atomic mass is 32.1. The molecule has 1 aliphatic carbocycles. The molecule has 1 saturated heterocycles. The molecule has 0 radical (unpaired) electrons. The molecule has 0 amide bonds. The minimum absolute atomic E-state index is 0.239. The van der Waals surface area contributed by atoms with Crippen LogP contribution in [0.15, 0.2) is 36.7 Å². The van der Waals surface area contributed by atoms with Gasteiger partial charge in [0.05, 0.1) is 11.8 Å². The number of benzene rings is 1. The number of thiophene rings is 1. The number of rotatable bonds is 6. The number of anilines is 1. The number of nitrogens with zero attached hydrogens (tertiary/aromatic N) is 3. The maximum atomic E-state index is 12.8. The summed E-state index contributed by atoms with van der Waals surface area (Å²) in [7, 11) is 0. The van der Waals surface area contributed by atoms with Gasteiger partial charge in [-0.15, -0.1) is 23.7 Å². The lowest BCUT2D eigenvalue weighted by Gasteiger charge is -2.32. The Morgan fingerprint density at radius 1 is 1.15 bits per heavy atom. The molecular formula is C25H25F3N4S. The van der Waals surface area contributed by atoms with Gasteiger partial charge in [0.15, 0.2) is 0 Å². The zero-order chi connectivity index (χ0) is 23.0. The van der Waals surface area contributed by atoms with Crippen LogP contribution < -0.4 is 5.32 Å². The Hall–Kier alpha value is -2.63. The summed E-state index contributed by atoms with van der Waals surface area (Å²) in [6.45, 7) is 2.83. The number of fused-ring (bicyclic) bond motifs is 1. The normalized spacial score (nSPS) is 21.8. The van der Waals surface area contributed by atoms with E-state index in [0.29, 0.717) is 27.9 Å². The van der Waals surface area contributed by atoms with Crippen molar-refractivity contribution in [2.45, 2.75) is 50.4 Å². The number of hydrogen-bond acceptors (Lipinski definition) is 5. The second-order valence-electron chi connectivity index (χ2n) is 9.00. The number of nitrogens with one attached hydrogen (secondary N) is 1. The highest BCUT2D eigenvalue weighted by Crippen LogP contribution is 2.46. The number of alkyl halides is 3. The number of terminal acetylenes is 1. The first-order valence-electron chi connectivity index (χ1n) is 11.2. The maximum absolute atomic E-state index is 12.8. The van der Waals surface area contributed by atoms with Gasteiger partial charge in [-0.05, 0) is 42.4 Å². The fourth-order valence-electron chi connectivity index (χ4n) is 4.61. The average molecular weight is 471 g/mol. The van der Waals surface area contributed by atoms with Gasteiger partial charge >= 0.3 is 6.18 Å². The van der Waals surface area contributed by atoms with Crippen LogP contribution in [-0.4, -0.2) is 40.2 Å². The van der Waals surface area contributed by atoms with E-state index in [1.165, 1.54) is 17.5 Å². The Balaban J connectivity index is 1.16. The number of piperidine rings is 1. The Kier molecular flexibility index (Phi) is 6.02. The first-order valence-corrected chi connectivity index (χ1v) is 12.0. The van der Waals surface area contributed by atoms with Gasteiger partial charge in [0.1, 0.15) is 17.0 Å². The fraction of sp³-hybridized carbons (Fsp3) is 0.440. The summed E-state index contributed by atoms with van der Waals surface area (Å²) in [5.74, 6) is 4.41. The molecule has 3 heterocycles. The molecule has 0 bridgehead atoms. The SMILES string of the molecule is C#C[C@@H]1C[C@@H]1c1ccc(CN2CCC(Nc3ncnc4sc(CC(F)(F)F)cc34)CC2)cc1. The van der Waals surface area contributed by atoms with Crippen molar-refractivity contribution in [3.05, 3.63) is 52.7 Å². The summed E-state index contributed by atoms with van der Waals surface area (Å²) in [5.41, 5.74) is 2.64. The predicted molar refractivity (Wildman–Crippen MR) is 125 cm³/mol. The van der Waals surface area contributed by atoms with E-state index < -0.39 is 12.6 Å². The van der Waals surface area contributed by atoms with Crippen LogP contribution in [0.4, 0.5) is 19.0 Å². The Morgan fingerprint density at radius 3 is 2.58 bits per heavy atom. The minimum Gasteiger partial charge on any atom is -0.367 e. The van der Waals surface area contributed by atoms with Gasteiger partial charge in [0.25, 0.3) is 0 Å². The van der Waals surface area contributed by atoms with E-state index >= 15 is 0 Å². The number of halogens is 3. The van der Waals surface area contributed by atoms with Gasteiger partial charge in [0, 0.05) is 36.5 Å². The molecule has 1 aliphatic heterocycles. The molecule has 2 atom stereocenters. The lowest BCUT2D eigenvalue weighted by molar-refractivity contribution is -0.126. The molecule has 2 aliphatic rings. The first-order chi connectivity index (χ1) is 15.9. The molecular weight excluding hydrogens is 445 g/mol. The molecule has 1 aromatic carbocycles. The van der Waals surface area contributed by atoms with E-state index in [9.17, 15) is 13.2 Å². The molecule has 2 aromatic heterocycles. The number of likely N-dealkylation sites (tertiary alicyclic amines) is 1. The van der Waals surface area contributed by atoms with Gasteiger partial charge in [-0.3, -0.25) is 4.90 Å². The average Bonchev–Trinajstić information content (AvgIpc) is 3.46. The lowest BCUT2D eigenvalue weighted by Crippen LogP contribution is -2.38. The summed E-state index contributed by atoms with van der Waals surface area (Å²) in [4.78, 5) is 11.8. The van der Waals surface area contributed by atoms with Gasteiger partial charge in [-0.25, -0.2) is 9.97 Å². The Labute approximate surface area is 195 Å². The van der Waals surface area contributed by atoms with Crippen molar-refractivity contribution in [1.29, 1.82) is 0 Å². The molecule has 4 nitrogen and oxygen atoms in total. The van der Waals surface area contributed by atoms with Gasteiger partial charge in [-0.1, -0.05) is 24.3 Å². The zero-order valence-electron chi connectivity index (χ0n) is 18.1. The molecule has 0 spiro atoms. The lowest BCUT2D eigenvalue weighted by atomic mass is 10.0. The topological polar surface area (TPSA) is 41.0 Å². The van der Waals surface area contributed by atoms with Gasteiger partial charge in [0.2, 0.25) is 0 Å². The minimum atomic E-state index is -4.23. The predicted octanol–water partition coefficient (Wildman–Crippen LogP) is 5.61. The molecule has 1 saturated carbocycles. The fourth-order valence-corrected chi connectivity index (χ4v) is 5.64. The molecule has 8 heteroatoms. The molecule has 3 aromatic rings. The van der Waals surface area contributed by atoms with Crippen molar-refractivity contribution in [3.63, 3.8) is 0 Å². The van der Waals surface area contributed by atoms with Crippen molar-refractivity contribution in [2.24, 2.45) is 5.92 Å². The third kappa shape index (κ3) is 5.31. The standard InChI is InChI=1S/C25H25F3N4S/c1-2-17-11-21(17)18-5-3-16(4-6-18)14-32-9-7-19(8-10-32)31-23-22-12-20(13-25(26,27)28)33-24(22)30-15-29-23/h1,3-6,12,15,17,19,21H,7-11,13-14H2,(H,29,30,31)/t17-,21+/m1/s1. The molecule has 172 valence electrons. The highest BCUT2D eigenvalue weighted by Gasteiger charge is 2.36. The number of hydrogen-bond donors (Lipinski definition) is 1. The van der Waals surface area contributed by atoms with E-state index in [1.807, 2.05) is 0 Å². The van der Waals surface area contributed by atoms with E-state index in [2.05, 4.69) is 50.4 Å². The molecule has 1 N–H and O–H groups in total. The Morgan fingerprint density at radius 2 is 1.91 bits per heavy atom. The highest BCUT2D eigenvalue weighted by molar-refractivity contribution is 7.18. The molecule has 2 fully saturated rings. The third-order valence-electron chi connectivity index (χ3n) is 6.50. The van der Waals surface area contributed by atoms with Crippen LogP contribution in [-0.2, 0) is 13.0 Å². The van der Waals surface area contributed by atoms with E-state index in [4.69, 9.17) is 6.42 Å². The number of aromatic nitrogens is 2. The summed E-state index contributed by atoms with van der Waals surface area (Å²) < 4.78 is 38.3. The Bertz CT molecular complexity index is 1160. The summed E-state index contributed by atoms with van der Waals surface area (Å²) in [6, 6.07) is 10.6. The zero-order valence-corrected chi connectivity index (χ0v) is 18.9. The van der Waals surface area contributed by atoms with Crippen LogP contribution in [0.3, 0.4) is 0 Å². The monoisotopic (exact) mass is 470 g/mol. The van der Waals surface area contributed by atoms with Gasteiger partial charge < -0.3 is 5.32 Å². The van der Waals surface area contributed by atoms with Crippen molar-refractivity contribution >= 4 is 27.4 Å². The largest absolute Gasteiger partial charge is 0.393 e. The van der Waals surface area contributed by atoms with Crippen LogP contribution in [0.25, 0.3) is 10.2 Å². The van der Waals surface area contributed by atoms with Crippen LogP contribution in [0.5, 0.6) is 0 Å². The third-order valence-corrected chi connectivity index (χ3v) is 7.55. The van der Waals surface area contributed by atoms with Crippen molar-refractivity contribution in [1.82, 2.24) is 14.9 Å². The van der Waals surface area contributed by atoms with Crippen molar-refractivity contribution in [2.75, 3.05) is 18.4 Å². The quantitative estimate of drug-likeness (QED) is 0.476. The van der Waals surface area contributed by atoms with Crippen LogP contribution in [0.1, 0.15) is 41.2 Å². The smallest absolute Gasteiger partial charge is 0.367 e. The molecule has 5 rings (SSSR count). The van der Waals surface area contributed by atoms with Crippen LogP contribution in [0.2, 0.25) is 0 Å². The summed E-state index contributed by atoms with van der Waals surface area (Å²) in [6.07, 6.45) is 4.79. The maximum Gasteiger partial charge on any atom is 0.393 e. The van der Waals surface area contributed by atoms with Crippen molar-refractivity contribution in [3.8, 4) is 12.3 Å². The second-order valence-corrected chi connectivity index (χ2v) is 10.1. The van der Waals surface area contributed by atoms with Crippen LogP contribution >= 0.6 is 11.3 Å². The van der Waals surface area contributed by atoms with E-state index in [1.54, 1.807) is 6.07 Å². The van der Waals surface area contributed by atoms with E-state index in [0.717, 1.165) is 50.2 Å².